The second kappa shape index (κ2) is 6.34. The molecule has 1 fully saturated rings. The van der Waals surface area contributed by atoms with Crippen LogP contribution in [-0.2, 0) is 11.3 Å². The Balaban J connectivity index is 2.08. The fourth-order valence-electron chi connectivity index (χ4n) is 2.39. The lowest BCUT2D eigenvalue weighted by Gasteiger charge is -2.23. The van der Waals surface area contributed by atoms with Crippen LogP contribution in [0.2, 0.25) is 0 Å². The normalized spacial score (nSPS) is 21.6. The van der Waals surface area contributed by atoms with Gasteiger partial charge in [0.2, 0.25) is 0 Å². The zero-order valence-corrected chi connectivity index (χ0v) is 10.7. The van der Waals surface area contributed by atoms with Crippen LogP contribution in [0.1, 0.15) is 18.9 Å². The monoisotopic (exact) mass is 249 g/mol. The molecule has 1 aliphatic heterocycles. The number of rotatable bonds is 3. The molecule has 0 radical (unpaired) electrons. The summed E-state index contributed by atoms with van der Waals surface area (Å²) in [6.45, 7) is 5.49. The minimum absolute atomic E-state index is 0.235. The molecule has 98 valence electrons. The van der Waals surface area contributed by atoms with Crippen molar-refractivity contribution in [2.45, 2.75) is 26.0 Å². The van der Waals surface area contributed by atoms with Crippen LogP contribution in [0.15, 0.2) is 24.3 Å². The summed E-state index contributed by atoms with van der Waals surface area (Å²) in [6, 6.07) is 7.47. The van der Waals surface area contributed by atoms with E-state index < -0.39 is 7.12 Å². The lowest BCUT2D eigenvalue weighted by atomic mass is 9.77. The Hall–Kier alpha value is -0.875. The van der Waals surface area contributed by atoms with Gasteiger partial charge in [0.1, 0.15) is 0 Å². The second-order valence-electron chi connectivity index (χ2n) is 4.84. The minimum Gasteiger partial charge on any atom is -0.423 e. The molecule has 1 aliphatic rings. The van der Waals surface area contributed by atoms with E-state index in [0.717, 1.165) is 38.2 Å². The van der Waals surface area contributed by atoms with Crippen LogP contribution in [-0.4, -0.2) is 47.9 Å². The standard InChI is InChI=1S/C13H20BNO3/c1-11-9-15(7-4-8-18-11)10-12-5-2-3-6-13(12)14(16)17/h2-3,5-6,11,16-17H,4,7-10H2,1H3. The van der Waals surface area contributed by atoms with Gasteiger partial charge >= 0.3 is 7.12 Å². The quantitative estimate of drug-likeness (QED) is 0.739. The molecule has 5 heteroatoms. The van der Waals surface area contributed by atoms with Crippen molar-refractivity contribution >= 4 is 12.6 Å². The van der Waals surface area contributed by atoms with Crippen molar-refractivity contribution in [3.8, 4) is 0 Å². The molecule has 0 saturated carbocycles. The number of nitrogens with zero attached hydrogens (tertiary/aromatic N) is 1. The summed E-state index contributed by atoms with van der Waals surface area (Å²) in [5.74, 6) is 0. The average molecular weight is 249 g/mol. The van der Waals surface area contributed by atoms with Crippen molar-refractivity contribution in [2.75, 3.05) is 19.7 Å². The molecule has 1 heterocycles. The lowest BCUT2D eigenvalue weighted by molar-refractivity contribution is 0.0668. The molecule has 0 aromatic heterocycles. The molecule has 0 spiro atoms. The minimum atomic E-state index is -1.40. The zero-order chi connectivity index (χ0) is 13.0. The number of ether oxygens (including phenoxy) is 1. The first-order chi connectivity index (χ1) is 8.66. The first-order valence-electron chi connectivity index (χ1n) is 6.44. The third-order valence-corrected chi connectivity index (χ3v) is 3.26. The van der Waals surface area contributed by atoms with Crippen molar-refractivity contribution in [1.29, 1.82) is 0 Å². The van der Waals surface area contributed by atoms with Gasteiger partial charge in [-0.05, 0) is 24.4 Å². The second-order valence-corrected chi connectivity index (χ2v) is 4.84. The van der Waals surface area contributed by atoms with E-state index in [1.54, 1.807) is 6.07 Å². The van der Waals surface area contributed by atoms with Crippen LogP contribution in [0.4, 0.5) is 0 Å². The first-order valence-corrected chi connectivity index (χ1v) is 6.44. The number of hydrogen-bond donors (Lipinski definition) is 2. The summed E-state index contributed by atoms with van der Waals surface area (Å²) in [5.41, 5.74) is 1.57. The molecule has 2 N–H and O–H groups in total. The van der Waals surface area contributed by atoms with Gasteiger partial charge in [0.15, 0.2) is 0 Å². The Morgan fingerprint density at radius 2 is 2.17 bits per heavy atom. The van der Waals surface area contributed by atoms with Gasteiger partial charge in [-0.1, -0.05) is 24.3 Å². The van der Waals surface area contributed by atoms with Crippen molar-refractivity contribution in [3.05, 3.63) is 29.8 Å². The summed E-state index contributed by atoms with van der Waals surface area (Å²) in [6.07, 6.45) is 1.26. The van der Waals surface area contributed by atoms with E-state index in [2.05, 4.69) is 11.8 Å². The maximum atomic E-state index is 9.35. The topological polar surface area (TPSA) is 52.9 Å². The highest BCUT2D eigenvalue weighted by atomic mass is 16.5. The first kappa shape index (κ1) is 13.6. The van der Waals surface area contributed by atoms with E-state index in [1.807, 2.05) is 18.2 Å². The summed E-state index contributed by atoms with van der Waals surface area (Å²) in [7, 11) is -1.40. The van der Waals surface area contributed by atoms with Gasteiger partial charge in [-0.2, -0.15) is 0 Å². The third kappa shape index (κ3) is 3.56. The van der Waals surface area contributed by atoms with Crippen molar-refractivity contribution < 1.29 is 14.8 Å². The lowest BCUT2D eigenvalue weighted by Crippen LogP contribution is -2.37. The van der Waals surface area contributed by atoms with Gasteiger partial charge in [-0.25, -0.2) is 0 Å². The van der Waals surface area contributed by atoms with Gasteiger partial charge < -0.3 is 14.8 Å². The number of benzene rings is 1. The van der Waals surface area contributed by atoms with Crippen LogP contribution < -0.4 is 5.46 Å². The summed E-state index contributed by atoms with van der Waals surface area (Å²) in [4.78, 5) is 2.30. The Bertz CT molecular complexity index is 386. The molecule has 2 rings (SSSR count). The average Bonchev–Trinajstić information content (AvgIpc) is 2.54. The largest absolute Gasteiger partial charge is 0.488 e. The van der Waals surface area contributed by atoms with Crippen molar-refractivity contribution in [3.63, 3.8) is 0 Å². The molecule has 4 nitrogen and oxygen atoms in total. The molecule has 1 saturated heterocycles. The number of hydrogen-bond acceptors (Lipinski definition) is 4. The fourth-order valence-corrected chi connectivity index (χ4v) is 2.39. The van der Waals surface area contributed by atoms with Crippen molar-refractivity contribution in [1.82, 2.24) is 4.90 Å². The molecule has 1 aromatic rings. The highest BCUT2D eigenvalue weighted by molar-refractivity contribution is 6.59. The molecule has 1 aromatic carbocycles. The SMILES string of the molecule is CC1CN(Cc2ccccc2B(O)O)CCCO1. The van der Waals surface area contributed by atoms with Crippen molar-refractivity contribution in [2.24, 2.45) is 0 Å². The molecule has 0 amide bonds. The fraction of sp³-hybridized carbons (Fsp3) is 0.538. The van der Waals surface area contributed by atoms with Gasteiger partial charge in [-0.3, -0.25) is 4.90 Å². The smallest absolute Gasteiger partial charge is 0.423 e. The summed E-state index contributed by atoms with van der Waals surface area (Å²) < 4.78 is 5.61. The molecule has 18 heavy (non-hydrogen) atoms. The van der Waals surface area contributed by atoms with Gasteiger partial charge in [0.25, 0.3) is 0 Å². The molecular weight excluding hydrogens is 229 g/mol. The maximum absolute atomic E-state index is 9.35. The molecular formula is C13H20BNO3. The molecule has 0 aliphatic carbocycles. The third-order valence-electron chi connectivity index (χ3n) is 3.26. The van der Waals surface area contributed by atoms with Crippen LogP contribution in [0.5, 0.6) is 0 Å². The van der Waals surface area contributed by atoms with Gasteiger partial charge in [-0.15, -0.1) is 0 Å². The van der Waals surface area contributed by atoms with Crippen LogP contribution in [0, 0.1) is 0 Å². The summed E-state index contributed by atoms with van der Waals surface area (Å²) in [5, 5.41) is 18.7. The summed E-state index contributed by atoms with van der Waals surface area (Å²) >= 11 is 0. The Labute approximate surface area is 108 Å². The van der Waals surface area contributed by atoms with E-state index in [-0.39, 0.29) is 6.10 Å². The Kier molecular flexibility index (Phi) is 4.77. The Morgan fingerprint density at radius 1 is 1.39 bits per heavy atom. The van der Waals surface area contributed by atoms with E-state index >= 15 is 0 Å². The van der Waals surface area contributed by atoms with E-state index in [1.165, 1.54) is 0 Å². The van der Waals surface area contributed by atoms with E-state index in [9.17, 15) is 10.0 Å². The molecule has 1 atom stereocenters. The predicted molar refractivity (Wildman–Crippen MR) is 71.6 cm³/mol. The highest BCUT2D eigenvalue weighted by Crippen LogP contribution is 2.09. The Morgan fingerprint density at radius 3 is 2.94 bits per heavy atom. The van der Waals surface area contributed by atoms with Gasteiger partial charge in [0, 0.05) is 26.2 Å². The van der Waals surface area contributed by atoms with Crippen LogP contribution >= 0.6 is 0 Å². The van der Waals surface area contributed by atoms with Crippen LogP contribution in [0.25, 0.3) is 0 Å². The highest BCUT2D eigenvalue weighted by Gasteiger charge is 2.19. The predicted octanol–water partition coefficient (Wildman–Crippen LogP) is -0.0228. The maximum Gasteiger partial charge on any atom is 0.488 e. The zero-order valence-electron chi connectivity index (χ0n) is 10.7. The van der Waals surface area contributed by atoms with Crippen LogP contribution in [0.3, 0.4) is 0 Å². The van der Waals surface area contributed by atoms with Gasteiger partial charge in [0.05, 0.1) is 6.10 Å². The van der Waals surface area contributed by atoms with E-state index in [0.29, 0.717) is 5.46 Å². The molecule has 1 unspecified atom stereocenters. The molecule has 0 bridgehead atoms. The van der Waals surface area contributed by atoms with E-state index in [4.69, 9.17) is 4.74 Å².